The van der Waals surface area contributed by atoms with Gasteiger partial charge in [-0.25, -0.2) is 4.79 Å². The fourth-order valence-corrected chi connectivity index (χ4v) is 3.13. The first kappa shape index (κ1) is 30.9. The summed E-state index contributed by atoms with van der Waals surface area (Å²) in [4.78, 5) is 23.1. The lowest BCUT2D eigenvalue weighted by atomic mass is 9.87. The van der Waals surface area contributed by atoms with Crippen LogP contribution in [0.1, 0.15) is 33.1 Å². The van der Waals surface area contributed by atoms with Crippen molar-refractivity contribution in [3.63, 3.8) is 0 Å². The third-order valence-corrected chi connectivity index (χ3v) is 5.29. The normalized spacial score (nSPS) is 22.7. The quantitative estimate of drug-likeness (QED) is 0.367. The topological polar surface area (TPSA) is 102 Å². The van der Waals surface area contributed by atoms with Gasteiger partial charge in [0.1, 0.15) is 0 Å². The van der Waals surface area contributed by atoms with E-state index in [1.165, 1.54) is 0 Å². The lowest BCUT2D eigenvalue weighted by Gasteiger charge is -2.39. The molecule has 0 bridgehead atoms. The number of aliphatic carboxylic acids is 1. The molecule has 0 saturated heterocycles. The number of halogens is 11. The Bertz CT molecular complexity index is 826. The van der Waals surface area contributed by atoms with Crippen LogP contribution in [0.3, 0.4) is 0 Å². The molecule has 1 aliphatic rings. The van der Waals surface area contributed by atoms with E-state index in [1.54, 1.807) is 13.8 Å². The highest BCUT2D eigenvalue weighted by molar-refractivity contribution is 5.88. The molecule has 35 heavy (non-hydrogen) atoms. The van der Waals surface area contributed by atoms with Gasteiger partial charge in [-0.3, -0.25) is 4.79 Å². The Hall–Kier alpha value is -2.17. The molecule has 1 aliphatic carbocycles. The Labute approximate surface area is 190 Å². The molecule has 0 spiro atoms. The van der Waals surface area contributed by atoms with Crippen LogP contribution in [-0.2, 0) is 14.3 Å². The van der Waals surface area contributed by atoms with Crippen molar-refractivity contribution in [1.29, 1.82) is 0 Å². The average Bonchev–Trinajstić information content (AvgIpc) is 2.72. The third-order valence-electron chi connectivity index (χ3n) is 5.29. The first-order valence-electron chi connectivity index (χ1n) is 9.84. The first-order valence-corrected chi connectivity index (χ1v) is 9.84. The predicted octanol–water partition coefficient (Wildman–Crippen LogP) is 3.89. The number of rotatable bonds is 10. The number of carbonyl (C=O) groups is 2. The molecule has 0 radical (unpaired) electrons. The summed E-state index contributed by atoms with van der Waals surface area (Å²) in [5.41, 5.74) is 5.18. The Kier molecular flexibility index (Phi) is 8.87. The summed E-state index contributed by atoms with van der Waals surface area (Å²) < 4.78 is 151. The Morgan fingerprint density at radius 1 is 1.00 bits per heavy atom. The zero-order valence-electron chi connectivity index (χ0n) is 17.9. The maximum absolute atomic E-state index is 14.1. The van der Waals surface area contributed by atoms with E-state index in [2.05, 4.69) is 0 Å². The molecule has 0 aliphatic heterocycles. The highest BCUT2D eigenvalue weighted by atomic mass is 19.4. The lowest BCUT2D eigenvalue weighted by molar-refractivity contribution is -0.417. The van der Waals surface area contributed by atoms with Crippen LogP contribution in [0.2, 0.25) is 0 Å². The van der Waals surface area contributed by atoms with Crippen LogP contribution < -0.4 is 11.1 Å². The van der Waals surface area contributed by atoms with Gasteiger partial charge in [0.25, 0.3) is 5.91 Å². The minimum atomic E-state index is -7.75. The molecule has 0 heterocycles. The summed E-state index contributed by atoms with van der Waals surface area (Å²) in [5, 5.41) is 10.3. The summed E-state index contributed by atoms with van der Waals surface area (Å²) in [6.45, 7) is 3.15. The van der Waals surface area contributed by atoms with Crippen LogP contribution >= 0.6 is 0 Å². The van der Waals surface area contributed by atoms with Crippen LogP contribution in [0.25, 0.3) is 0 Å². The number of carbonyl (C=O) groups excluding carboxylic acids is 1. The number of amides is 1. The van der Waals surface area contributed by atoms with Crippen LogP contribution in [0.5, 0.6) is 0 Å². The molecule has 3 unspecified atom stereocenters. The summed E-state index contributed by atoms with van der Waals surface area (Å²) in [7, 11) is 0. The van der Waals surface area contributed by atoms with Gasteiger partial charge in [-0.1, -0.05) is 13.8 Å². The van der Waals surface area contributed by atoms with E-state index in [4.69, 9.17) is 15.6 Å². The van der Waals surface area contributed by atoms with Crippen LogP contribution in [0, 0.1) is 0 Å². The zero-order valence-corrected chi connectivity index (χ0v) is 17.9. The molecule has 204 valence electrons. The van der Waals surface area contributed by atoms with Gasteiger partial charge in [-0.05, 0) is 25.3 Å². The molecule has 1 amide bonds. The second-order valence-corrected chi connectivity index (χ2v) is 7.70. The van der Waals surface area contributed by atoms with Crippen molar-refractivity contribution in [2.45, 2.75) is 87.3 Å². The van der Waals surface area contributed by atoms with E-state index in [-0.39, 0.29) is 12.8 Å². The molecule has 0 saturated carbocycles. The highest BCUT2D eigenvalue weighted by Gasteiger charge is 2.88. The Morgan fingerprint density at radius 2 is 1.49 bits per heavy atom. The van der Waals surface area contributed by atoms with Crippen molar-refractivity contribution in [3.8, 4) is 0 Å². The van der Waals surface area contributed by atoms with Crippen LogP contribution in [-0.4, -0.2) is 71.1 Å². The van der Waals surface area contributed by atoms with Gasteiger partial charge in [0.05, 0.1) is 18.2 Å². The number of nitrogens with two attached hydrogens (primary N) is 1. The Balaban J connectivity index is 3.39. The van der Waals surface area contributed by atoms with Crippen molar-refractivity contribution in [3.05, 3.63) is 11.6 Å². The molecular weight excluding hydrogens is 517 g/mol. The predicted molar refractivity (Wildman–Crippen MR) is 95.3 cm³/mol. The van der Waals surface area contributed by atoms with Gasteiger partial charge >= 0.3 is 35.8 Å². The van der Waals surface area contributed by atoms with Gasteiger partial charge in [0, 0.05) is 11.6 Å². The summed E-state index contributed by atoms with van der Waals surface area (Å²) >= 11 is 0. The van der Waals surface area contributed by atoms with Crippen LogP contribution in [0.4, 0.5) is 48.3 Å². The number of ether oxygens (including phenoxy) is 1. The SMILES string of the molecule is CCC(CC)OC1C=C(C(=O)O)CC(N)C1NC(=O)C(F)(F)C(F)(F)C(F)(F)C(F)(F)C(F)(F)F. The van der Waals surface area contributed by atoms with Crippen molar-refractivity contribution >= 4 is 11.9 Å². The molecule has 1 rings (SSSR count). The van der Waals surface area contributed by atoms with Crippen molar-refractivity contribution in [2.24, 2.45) is 5.73 Å². The molecule has 4 N–H and O–H groups in total. The van der Waals surface area contributed by atoms with Gasteiger partial charge in [-0.2, -0.15) is 48.3 Å². The maximum atomic E-state index is 14.1. The van der Waals surface area contributed by atoms with E-state index in [0.29, 0.717) is 0 Å². The van der Waals surface area contributed by atoms with Gasteiger partial charge < -0.3 is 20.9 Å². The molecule has 17 heteroatoms. The van der Waals surface area contributed by atoms with Gasteiger partial charge in [0.15, 0.2) is 0 Å². The summed E-state index contributed by atoms with van der Waals surface area (Å²) in [5.74, 6) is -34.6. The number of hydrogen-bond donors (Lipinski definition) is 3. The largest absolute Gasteiger partial charge is 0.478 e. The van der Waals surface area contributed by atoms with E-state index < -0.39 is 78.0 Å². The molecule has 0 aromatic rings. The van der Waals surface area contributed by atoms with Gasteiger partial charge in [0.2, 0.25) is 0 Å². The smallest absolute Gasteiger partial charge is 0.460 e. The second-order valence-electron chi connectivity index (χ2n) is 7.70. The number of carboxylic acids is 1. The minimum Gasteiger partial charge on any atom is -0.478 e. The van der Waals surface area contributed by atoms with Crippen molar-refractivity contribution in [1.82, 2.24) is 5.32 Å². The van der Waals surface area contributed by atoms with Crippen molar-refractivity contribution in [2.75, 3.05) is 0 Å². The molecule has 0 aromatic carbocycles. The average molecular weight is 538 g/mol. The van der Waals surface area contributed by atoms with E-state index in [0.717, 1.165) is 11.4 Å². The minimum absolute atomic E-state index is 0.242. The number of carboxylic acid groups (broad SMARTS) is 1. The standard InChI is InChI=1S/C18H21F11N2O4/c1-3-8(4-2)35-10-6-7(12(32)33)5-9(30)11(10)31-13(34)14(19,20)15(21,22)16(23,24)17(25,26)18(27,28)29/h6,8-11H,3-5,30H2,1-2H3,(H,31,34)(H,32,33). The molecule has 0 aromatic heterocycles. The van der Waals surface area contributed by atoms with Crippen molar-refractivity contribution < 1.29 is 67.7 Å². The number of nitrogens with one attached hydrogen (secondary N) is 1. The number of hydrogen-bond acceptors (Lipinski definition) is 4. The second kappa shape index (κ2) is 10.1. The zero-order chi connectivity index (χ0) is 27.8. The van der Waals surface area contributed by atoms with E-state index in [9.17, 15) is 57.9 Å². The first-order chi connectivity index (χ1) is 15.6. The van der Waals surface area contributed by atoms with Gasteiger partial charge in [-0.15, -0.1) is 0 Å². The van der Waals surface area contributed by atoms with Crippen LogP contribution in [0.15, 0.2) is 11.6 Å². The third kappa shape index (κ3) is 5.49. The fourth-order valence-electron chi connectivity index (χ4n) is 3.13. The Morgan fingerprint density at radius 3 is 1.89 bits per heavy atom. The van der Waals surface area contributed by atoms with E-state index >= 15 is 0 Å². The molecule has 0 fully saturated rings. The lowest BCUT2D eigenvalue weighted by Crippen LogP contribution is -2.70. The monoisotopic (exact) mass is 538 g/mol. The molecular formula is C18H21F11N2O4. The fraction of sp³-hybridized carbons (Fsp3) is 0.778. The molecule has 6 nitrogen and oxygen atoms in total. The molecule has 3 atom stereocenters. The van der Waals surface area contributed by atoms with E-state index in [1.807, 2.05) is 0 Å². The maximum Gasteiger partial charge on any atom is 0.460 e. The summed E-state index contributed by atoms with van der Waals surface area (Å²) in [6.07, 6.45) is -9.15. The highest BCUT2D eigenvalue weighted by Crippen LogP contribution is 2.57. The summed E-state index contributed by atoms with van der Waals surface area (Å²) in [6, 6.07) is -3.61. The number of alkyl halides is 11.